The number of H-pyrrole nitrogens is 1. The summed E-state index contributed by atoms with van der Waals surface area (Å²) in [4.78, 5) is 8.04. The van der Waals surface area contributed by atoms with Gasteiger partial charge in [-0.25, -0.2) is 9.97 Å². The Kier molecular flexibility index (Phi) is 20.0. The van der Waals surface area contributed by atoms with Crippen molar-refractivity contribution in [2.45, 2.75) is 32.0 Å². The average molecular weight is 710 g/mol. The van der Waals surface area contributed by atoms with Crippen molar-refractivity contribution in [2.24, 2.45) is 0 Å². The van der Waals surface area contributed by atoms with Gasteiger partial charge in [0.05, 0.1) is 31.7 Å². The topological polar surface area (TPSA) is 82.8 Å². The summed E-state index contributed by atoms with van der Waals surface area (Å²) < 4.78 is 15.5. The maximum Gasteiger partial charge on any atom is 0.124 e. The summed E-state index contributed by atoms with van der Waals surface area (Å²) >= 11 is 0. The fourth-order valence-corrected chi connectivity index (χ4v) is 3.95. The van der Waals surface area contributed by atoms with E-state index in [1.54, 1.807) is 43.5 Å². The second-order valence-corrected chi connectivity index (χ2v) is 10.1. The Balaban J connectivity index is 0.000000303. The predicted octanol–water partition coefficient (Wildman–Crippen LogP) is 9.08. The molecule has 5 aromatic rings. The van der Waals surface area contributed by atoms with Crippen molar-refractivity contribution in [3.8, 4) is 5.75 Å². The number of ether oxygens (including phenoxy) is 2. The second-order valence-electron chi connectivity index (χ2n) is 10.1. The molecule has 250 valence electrons. The molecular formula is C39H45BrN6O2. The van der Waals surface area contributed by atoms with E-state index in [2.05, 4.69) is 39.9 Å². The zero-order valence-corrected chi connectivity index (χ0v) is 28.9. The maximum atomic E-state index is 5.87. The third-order valence-corrected chi connectivity index (χ3v) is 6.47. The Morgan fingerprint density at radius 1 is 0.833 bits per heavy atom. The van der Waals surface area contributed by atoms with Crippen LogP contribution in [0.1, 0.15) is 18.4 Å². The molecule has 48 heavy (non-hydrogen) atoms. The molecule has 2 aromatic carbocycles. The number of nitrogens with zero attached hydrogens (tertiary/aromatic N) is 5. The molecule has 3 heterocycles. The van der Waals surface area contributed by atoms with Gasteiger partial charge in [-0.15, -0.1) is 17.0 Å². The third-order valence-electron chi connectivity index (χ3n) is 6.47. The van der Waals surface area contributed by atoms with Crippen molar-refractivity contribution >= 4 is 22.6 Å². The summed E-state index contributed by atoms with van der Waals surface area (Å²) in [5.41, 5.74) is 2.67. The molecule has 0 radical (unpaired) electrons. The van der Waals surface area contributed by atoms with Crippen LogP contribution in [0.2, 0.25) is 0 Å². The number of aryl methyl sites for hydroxylation is 2. The predicted molar refractivity (Wildman–Crippen MR) is 202 cm³/mol. The summed E-state index contributed by atoms with van der Waals surface area (Å²) in [5.74, 6) is 0.933. The van der Waals surface area contributed by atoms with Crippen molar-refractivity contribution in [1.29, 1.82) is 0 Å². The van der Waals surface area contributed by atoms with E-state index in [-0.39, 0.29) is 23.1 Å². The number of hydrogen-bond donors (Lipinski definition) is 1. The zero-order valence-electron chi connectivity index (χ0n) is 27.2. The largest absolute Gasteiger partial charge is 0.494 e. The van der Waals surface area contributed by atoms with E-state index < -0.39 is 0 Å². The molecule has 1 atom stereocenters. The highest BCUT2D eigenvalue weighted by Gasteiger charge is 2.11. The SMILES string of the molecule is Br.C=C/C=C\C=C\OC(CCn1ccnc1)C(=C)/C=C\C(=C)c1cn[nH]c1.c1ccc(OCCCn2ccnc2)cc1.c1ccccc1. The highest BCUT2D eigenvalue weighted by Crippen LogP contribution is 2.17. The first-order valence-corrected chi connectivity index (χ1v) is 15.4. The smallest absolute Gasteiger partial charge is 0.124 e. The molecule has 1 unspecified atom stereocenters. The Morgan fingerprint density at radius 3 is 2.06 bits per heavy atom. The molecule has 0 saturated heterocycles. The quantitative estimate of drug-likeness (QED) is 0.0628. The Morgan fingerprint density at radius 2 is 1.48 bits per heavy atom. The number of benzene rings is 2. The first kappa shape index (κ1) is 38.8. The normalized spacial score (nSPS) is 11.1. The molecule has 0 fully saturated rings. The fraction of sp³-hybridized carbons (Fsp3) is 0.154. The number of nitrogens with one attached hydrogen (secondary N) is 1. The molecule has 3 aromatic heterocycles. The minimum atomic E-state index is -0.154. The molecule has 0 amide bonds. The van der Waals surface area contributed by atoms with Crippen LogP contribution in [0.15, 0.2) is 185 Å². The van der Waals surface area contributed by atoms with Gasteiger partial charge in [0, 0.05) is 56.1 Å². The van der Waals surface area contributed by atoms with Gasteiger partial charge in [-0.1, -0.05) is 105 Å². The van der Waals surface area contributed by atoms with Crippen LogP contribution in [0.4, 0.5) is 0 Å². The number of allylic oxidation sites excluding steroid dienone is 6. The van der Waals surface area contributed by atoms with E-state index in [1.807, 2.05) is 125 Å². The molecule has 0 spiro atoms. The van der Waals surface area contributed by atoms with E-state index in [1.165, 1.54) is 0 Å². The highest BCUT2D eigenvalue weighted by molar-refractivity contribution is 8.93. The van der Waals surface area contributed by atoms with Crippen molar-refractivity contribution in [3.05, 3.63) is 190 Å². The molecule has 0 aliphatic carbocycles. The first-order chi connectivity index (χ1) is 23.2. The van der Waals surface area contributed by atoms with Gasteiger partial charge in [-0.2, -0.15) is 5.10 Å². The Bertz CT molecular complexity index is 1570. The molecule has 0 aliphatic heterocycles. The van der Waals surface area contributed by atoms with Gasteiger partial charge in [0.2, 0.25) is 0 Å². The molecule has 0 aliphatic rings. The average Bonchev–Trinajstić information content (AvgIpc) is 3.94. The number of halogens is 1. The van der Waals surface area contributed by atoms with Crippen LogP contribution in [0.25, 0.3) is 5.57 Å². The van der Waals surface area contributed by atoms with E-state index in [0.717, 1.165) is 55.0 Å². The van der Waals surface area contributed by atoms with Gasteiger partial charge in [0.1, 0.15) is 11.9 Å². The van der Waals surface area contributed by atoms with E-state index in [4.69, 9.17) is 9.47 Å². The molecule has 1 N–H and O–H groups in total. The standard InChI is InChI=1S/C21H24N4O.C12H14N2O.C6H6.BrH/c1-4-5-6-7-14-26-21(10-12-25-13-11-22-17-25)19(3)9-8-18(2)20-15-23-24-16-20;1-2-5-12(6-3-1)15-10-4-8-14-9-7-13-11-14;1-2-4-6-5-3-1;/h4-9,11,13-17,21H,1-3,10,12H2,(H,23,24);1-3,5-7,9,11H,4,8,10H2;1-6H;1H/b6-5-,9-8-,14-7+;;;. The Hall–Kier alpha value is -5.41. The van der Waals surface area contributed by atoms with Crippen LogP contribution in [-0.2, 0) is 17.8 Å². The first-order valence-electron chi connectivity index (χ1n) is 15.4. The fourth-order valence-electron chi connectivity index (χ4n) is 3.95. The molecule has 9 heteroatoms. The molecule has 5 rings (SSSR count). The van der Waals surface area contributed by atoms with Gasteiger partial charge in [0.15, 0.2) is 0 Å². The lowest BCUT2D eigenvalue weighted by Crippen LogP contribution is -2.14. The molecule has 0 saturated carbocycles. The Labute approximate surface area is 295 Å². The highest BCUT2D eigenvalue weighted by atomic mass is 79.9. The van der Waals surface area contributed by atoms with Gasteiger partial charge in [-0.3, -0.25) is 5.10 Å². The summed E-state index contributed by atoms with van der Waals surface area (Å²) in [6, 6.07) is 21.9. The van der Waals surface area contributed by atoms with Crippen LogP contribution in [-0.4, -0.2) is 42.0 Å². The minimum absolute atomic E-state index is 0. The number of aromatic nitrogens is 6. The number of para-hydroxylation sites is 1. The summed E-state index contributed by atoms with van der Waals surface area (Å²) in [6.45, 7) is 14.3. The lowest BCUT2D eigenvalue weighted by molar-refractivity contribution is 0.165. The lowest BCUT2D eigenvalue weighted by Gasteiger charge is -2.17. The number of imidazole rings is 2. The number of aromatic amines is 1. The monoisotopic (exact) mass is 708 g/mol. The summed E-state index contributed by atoms with van der Waals surface area (Å²) in [7, 11) is 0. The summed E-state index contributed by atoms with van der Waals surface area (Å²) in [6.07, 6.45) is 29.0. The zero-order chi connectivity index (χ0) is 33.2. The van der Waals surface area contributed by atoms with E-state index in [0.29, 0.717) is 0 Å². The van der Waals surface area contributed by atoms with Gasteiger partial charge in [-0.05, 0) is 35.8 Å². The molecule has 8 nitrogen and oxygen atoms in total. The van der Waals surface area contributed by atoms with Crippen LogP contribution >= 0.6 is 17.0 Å². The van der Waals surface area contributed by atoms with Crippen molar-refractivity contribution in [1.82, 2.24) is 29.3 Å². The van der Waals surface area contributed by atoms with Gasteiger partial charge < -0.3 is 18.6 Å². The van der Waals surface area contributed by atoms with Gasteiger partial charge in [0.25, 0.3) is 0 Å². The molecule has 0 bridgehead atoms. The van der Waals surface area contributed by atoms with Crippen LogP contribution < -0.4 is 4.74 Å². The maximum absolute atomic E-state index is 5.87. The summed E-state index contributed by atoms with van der Waals surface area (Å²) in [5, 5.41) is 6.71. The lowest BCUT2D eigenvalue weighted by atomic mass is 10.1. The van der Waals surface area contributed by atoms with Crippen molar-refractivity contribution in [2.75, 3.05) is 6.61 Å². The van der Waals surface area contributed by atoms with Crippen LogP contribution in [0, 0.1) is 0 Å². The number of rotatable bonds is 16. The minimum Gasteiger partial charge on any atom is -0.494 e. The molecular weight excluding hydrogens is 664 g/mol. The van der Waals surface area contributed by atoms with E-state index >= 15 is 0 Å². The number of hydrogen-bond acceptors (Lipinski definition) is 5. The van der Waals surface area contributed by atoms with Crippen LogP contribution in [0.5, 0.6) is 5.75 Å². The van der Waals surface area contributed by atoms with Crippen LogP contribution in [0.3, 0.4) is 0 Å². The van der Waals surface area contributed by atoms with Gasteiger partial charge >= 0.3 is 0 Å². The van der Waals surface area contributed by atoms with Crippen molar-refractivity contribution < 1.29 is 9.47 Å². The van der Waals surface area contributed by atoms with E-state index in [9.17, 15) is 0 Å². The third kappa shape index (κ3) is 16.8. The second kappa shape index (κ2) is 24.8. The van der Waals surface area contributed by atoms with Crippen molar-refractivity contribution in [3.63, 3.8) is 0 Å².